The number of H-pyrrole nitrogens is 1. The number of aromatic nitrogens is 2. The predicted octanol–water partition coefficient (Wildman–Crippen LogP) is 1.02. The van der Waals surface area contributed by atoms with Crippen LogP contribution in [-0.4, -0.2) is 24.7 Å². The van der Waals surface area contributed by atoms with E-state index in [1.54, 1.807) is 13.8 Å². The van der Waals surface area contributed by atoms with E-state index in [9.17, 15) is 8.42 Å². The van der Waals surface area contributed by atoms with Crippen molar-refractivity contribution in [3.8, 4) is 0 Å². The third-order valence-electron chi connectivity index (χ3n) is 2.66. The number of nitrogens with zero attached hydrogens (tertiary/aromatic N) is 1. The molecular weight excluding hydrogens is 226 g/mol. The van der Waals surface area contributed by atoms with Gasteiger partial charge in [-0.15, -0.1) is 0 Å². The highest BCUT2D eigenvalue weighted by Gasteiger charge is 2.25. The van der Waals surface area contributed by atoms with Crippen molar-refractivity contribution in [3.63, 3.8) is 0 Å². The van der Waals surface area contributed by atoms with Crippen LogP contribution in [0.25, 0.3) is 0 Å². The lowest BCUT2D eigenvalue weighted by Crippen LogP contribution is -2.33. The molecule has 88 valence electrons. The van der Waals surface area contributed by atoms with Gasteiger partial charge in [-0.3, -0.25) is 5.10 Å². The first kappa shape index (κ1) is 11.3. The molecule has 0 atom stereocenters. The third-order valence-corrected chi connectivity index (χ3v) is 4.44. The monoisotopic (exact) mass is 241 g/mol. The highest BCUT2D eigenvalue weighted by atomic mass is 32.2. The fourth-order valence-electron chi connectivity index (χ4n) is 1.93. The van der Waals surface area contributed by atoms with E-state index < -0.39 is 10.0 Å². The van der Waals surface area contributed by atoms with Gasteiger partial charge in [0.15, 0.2) is 0 Å². The van der Waals surface area contributed by atoms with Gasteiger partial charge in [0.25, 0.3) is 0 Å². The Morgan fingerprint density at radius 3 is 2.50 bits per heavy atom. The van der Waals surface area contributed by atoms with E-state index in [4.69, 9.17) is 0 Å². The van der Waals surface area contributed by atoms with Gasteiger partial charge in [-0.2, -0.15) is 5.10 Å². The summed E-state index contributed by atoms with van der Waals surface area (Å²) < 4.78 is 26.9. The summed E-state index contributed by atoms with van der Waals surface area (Å²) in [5.41, 5.74) is 1.09. The number of rotatable bonds is 3. The van der Waals surface area contributed by atoms with Crippen molar-refractivity contribution >= 4 is 10.0 Å². The average Bonchev–Trinajstić information content (AvgIpc) is 2.76. The Morgan fingerprint density at radius 2 is 2.00 bits per heavy atom. The average molecular weight is 241 g/mol. The molecule has 0 saturated heterocycles. The van der Waals surface area contributed by atoms with E-state index in [2.05, 4.69) is 14.9 Å². The maximum absolute atomic E-state index is 12.1. The standard InChI is InChI=1S/C10H15N3O2S/c1-7-10(8(2)12-11-7)16(14,15)13-9-5-3-4-6-9/h3-4,9,13H,5-6H2,1-2H3,(H,11,12). The molecule has 2 rings (SSSR count). The Labute approximate surface area is 95.0 Å². The van der Waals surface area contributed by atoms with Crippen molar-refractivity contribution < 1.29 is 8.42 Å². The third kappa shape index (κ3) is 2.03. The summed E-state index contributed by atoms with van der Waals surface area (Å²) >= 11 is 0. The predicted molar refractivity (Wildman–Crippen MR) is 60.5 cm³/mol. The van der Waals surface area contributed by atoms with Crippen LogP contribution in [0.3, 0.4) is 0 Å². The van der Waals surface area contributed by atoms with Gasteiger partial charge in [-0.25, -0.2) is 13.1 Å². The molecule has 1 aromatic rings. The van der Waals surface area contributed by atoms with Gasteiger partial charge in [0.2, 0.25) is 10.0 Å². The lowest BCUT2D eigenvalue weighted by molar-refractivity contribution is 0.556. The van der Waals surface area contributed by atoms with Gasteiger partial charge in [0, 0.05) is 6.04 Å². The number of hydrogen-bond acceptors (Lipinski definition) is 3. The first-order chi connectivity index (χ1) is 7.50. The van der Waals surface area contributed by atoms with Crippen molar-refractivity contribution in [3.05, 3.63) is 23.5 Å². The molecule has 0 fully saturated rings. The summed E-state index contributed by atoms with van der Waals surface area (Å²) in [7, 11) is -3.45. The van der Waals surface area contributed by atoms with Crippen LogP contribution in [0.4, 0.5) is 0 Å². The van der Waals surface area contributed by atoms with Crippen LogP contribution < -0.4 is 4.72 Å². The maximum atomic E-state index is 12.1. The second-order valence-electron chi connectivity index (χ2n) is 4.02. The molecule has 0 aromatic carbocycles. The Hall–Kier alpha value is -1.14. The minimum absolute atomic E-state index is 0.0151. The van der Waals surface area contributed by atoms with Crippen molar-refractivity contribution in [1.82, 2.24) is 14.9 Å². The van der Waals surface area contributed by atoms with Crippen molar-refractivity contribution in [2.75, 3.05) is 0 Å². The zero-order valence-electron chi connectivity index (χ0n) is 9.32. The molecule has 0 radical (unpaired) electrons. The minimum atomic E-state index is -3.45. The molecule has 1 heterocycles. The molecule has 0 bridgehead atoms. The zero-order valence-corrected chi connectivity index (χ0v) is 10.1. The summed E-state index contributed by atoms with van der Waals surface area (Å²) in [6, 6.07) is -0.0151. The Kier molecular flexibility index (Phi) is 2.86. The summed E-state index contributed by atoms with van der Waals surface area (Å²) in [6.07, 6.45) is 5.49. The first-order valence-electron chi connectivity index (χ1n) is 5.19. The Morgan fingerprint density at radius 1 is 1.38 bits per heavy atom. The van der Waals surface area contributed by atoms with Gasteiger partial charge in [0.1, 0.15) is 4.90 Å². The SMILES string of the molecule is Cc1n[nH]c(C)c1S(=O)(=O)NC1CC=CC1. The molecule has 2 N–H and O–H groups in total. The number of hydrogen-bond donors (Lipinski definition) is 2. The van der Waals surface area contributed by atoms with Gasteiger partial charge in [-0.1, -0.05) is 12.2 Å². The molecule has 5 nitrogen and oxygen atoms in total. The number of sulfonamides is 1. The minimum Gasteiger partial charge on any atom is -0.281 e. The van der Waals surface area contributed by atoms with Crippen LogP contribution in [0.15, 0.2) is 17.0 Å². The van der Waals surface area contributed by atoms with E-state index in [1.165, 1.54) is 0 Å². The quantitative estimate of drug-likeness (QED) is 0.776. The molecular formula is C10H15N3O2S. The maximum Gasteiger partial charge on any atom is 0.244 e. The van der Waals surface area contributed by atoms with Crippen molar-refractivity contribution in [2.45, 2.75) is 37.6 Å². The van der Waals surface area contributed by atoms with Crippen LogP contribution in [0.1, 0.15) is 24.2 Å². The Bertz CT molecular complexity index is 489. The summed E-state index contributed by atoms with van der Waals surface area (Å²) in [5.74, 6) is 0. The van der Waals surface area contributed by atoms with Crippen LogP contribution in [0.2, 0.25) is 0 Å². The van der Waals surface area contributed by atoms with Gasteiger partial charge < -0.3 is 0 Å². The van der Waals surface area contributed by atoms with Crippen molar-refractivity contribution in [2.24, 2.45) is 0 Å². The van der Waals surface area contributed by atoms with E-state index in [0.717, 1.165) is 12.8 Å². The summed E-state index contributed by atoms with van der Waals surface area (Å²) in [4.78, 5) is 0.277. The number of nitrogens with one attached hydrogen (secondary N) is 2. The fourth-order valence-corrected chi connectivity index (χ4v) is 3.56. The number of aryl methyl sites for hydroxylation is 2. The molecule has 0 aliphatic heterocycles. The highest BCUT2D eigenvalue weighted by Crippen LogP contribution is 2.19. The van der Waals surface area contributed by atoms with Gasteiger partial charge in [0.05, 0.1) is 11.4 Å². The molecule has 1 aliphatic carbocycles. The molecule has 0 amide bonds. The largest absolute Gasteiger partial charge is 0.281 e. The van der Waals surface area contributed by atoms with Crippen LogP contribution in [-0.2, 0) is 10.0 Å². The van der Waals surface area contributed by atoms with Gasteiger partial charge >= 0.3 is 0 Å². The summed E-state index contributed by atoms with van der Waals surface area (Å²) in [6.45, 7) is 3.40. The van der Waals surface area contributed by atoms with E-state index in [0.29, 0.717) is 11.4 Å². The summed E-state index contributed by atoms with van der Waals surface area (Å²) in [5, 5.41) is 6.58. The van der Waals surface area contributed by atoms with Crippen LogP contribution in [0, 0.1) is 13.8 Å². The molecule has 0 unspecified atom stereocenters. The molecule has 1 aliphatic rings. The molecule has 0 saturated carbocycles. The molecule has 1 aromatic heterocycles. The first-order valence-corrected chi connectivity index (χ1v) is 6.68. The smallest absolute Gasteiger partial charge is 0.244 e. The normalized spacial score (nSPS) is 17.1. The molecule has 6 heteroatoms. The lowest BCUT2D eigenvalue weighted by Gasteiger charge is -2.12. The Balaban J connectivity index is 2.25. The zero-order chi connectivity index (χ0) is 11.8. The van der Waals surface area contributed by atoms with E-state index in [1.807, 2.05) is 12.2 Å². The lowest BCUT2D eigenvalue weighted by atomic mass is 10.3. The van der Waals surface area contributed by atoms with E-state index in [-0.39, 0.29) is 10.9 Å². The van der Waals surface area contributed by atoms with Crippen LogP contribution in [0.5, 0.6) is 0 Å². The van der Waals surface area contributed by atoms with Gasteiger partial charge in [-0.05, 0) is 26.7 Å². The second kappa shape index (κ2) is 4.03. The topological polar surface area (TPSA) is 74.8 Å². The van der Waals surface area contributed by atoms with Crippen LogP contribution >= 0.6 is 0 Å². The van der Waals surface area contributed by atoms with Crippen molar-refractivity contribution in [1.29, 1.82) is 0 Å². The highest BCUT2D eigenvalue weighted by molar-refractivity contribution is 7.89. The number of aromatic amines is 1. The second-order valence-corrected chi connectivity index (χ2v) is 5.67. The molecule has 0 spiro atoms. The molecule has 16 heavy (non-hydrogen) atoms. The van der Waals surface area contributed by atoms with E-state index >= 15 is 0 Å². The fraction of sp³-hybridized carbons (Fsp3) is 0.500.